The van der Waals surface area contributed by atoms with E-state index < -0.39 is 28.4 Å². The number of rotatable bonds is 8. The molecule has 1 aromatic carbocycles. The van der Waals surface area contributed by atoms with Gasteiger partial charge in [-0.3, -0.25) is 9.59 Å². The van der Waals surface area contributed by atoms with Crippen LogP contribution in [0.4, 0.5) is 0 Å². The van der Waals surface area contributed by atoms with E-state index in [1.54, 1.807) is 6.92 Å². The van der Waals surface area contributed by atoms with Crippen LogP contribution in [0.3, 0.4) is 0 Å². The number of benzene rings is 1. The molecule has 138 valence electrons. The highest BCUT2D eigenvalue weighted by atomic mass is 35.5. The summed E-state index contributed by atoms with van der Waals surface area (Å²) < 4.78 is 31.6. The Kier molecular flexibility index (Phi) is 6.67. The van der Waals surface area contributed by atoms with E-state index >= 15 is 0 Å². The van der Waals surface area contributed by atoms with Crippen LogP contribution in [0.15, 0.2) is 23.1 Å². The molecule has 1 amide bonds. The van der Waals surface area contributed by atoms with Crippen molar-refractivity contribution in [2.45, 2.75) is 30.7 Å². The predicted octanol–water partition coefficient (Wildman–Crippen LogP) is 1.83. The Morgan fingerprint density at radius 3 is 2.40 bits per heavy atom. The molecule has 1 saturated carbocycles. The van der Waals surface area contributed by atoms with Gasteiger partial charge in [0.1, 0.15) is 11.4 Å². The van der Waals surface area contributed by atoms with Gasteiger partial charge in [-0.05, 0) is 31.9 Å². The van der Waals surface area contributed by atoms with Crippen LogP contribution < -0.4 is 5.32 Å². The van der Waals surface area contributed by atoms with Gasteiger partial charge in [0.05, 0.1) is 23.2 Å². The highest BCUT2D eigenvalue weighted by molar-refractivity contribution is 7.89. The first-order valence-electron chi connectivity index (χ1n) is 7.65. The van der Waals surface area contributed by atoms with E-state index in [9.17, 15) is 18.0 Å². The molecule has 0 saturated heterocycles. The average Bonchev–Trinajstić information content (AvgIpc) is 3.35. The van der Waals surface area contributed by atoms with Gasteiger partial charge in [0.15, 0.2) is 0 Å². The van der Waals surface area contributed by atoms with Crippen molar-refractivity contribution in [3.05, 3.63) is 28.2 Å². The van der Waals surface area contributed by atoms with Gasteiger partial charge in [-0.2, -0.15) is 4.31 Å². The predicted molar refractivity (Wildman–Crippen MR) is 93.0 cm³/mol. The molecule has 0 bridgehead atoms. The maximum atomic E-state index is 12.9. The average molecular weight is 409 g/mol. The molecule has 1 fully saturated rings. The molecule has 0 heterocycles. The van der Waals surface area contributed by atoms with E-state index in [4.69, 9.17) is 27.9 Å². The summed E-state index contributed by atoms with van der Waals surface area (Å²) in [5, 5.41) is 2.33. The number of esters is 1. The van der Waals surface area contributed by atoms with Crippen molar-refractivity contribution in [1.29, 1.82) is 0 Å². The Balaban J connectivity index is 2.15. The molecule has 0 aliphatic heterocycles. The lowest BCUT2D eigenvalue weighted by atomic mass is 10.4. The lowest BCUT2D eigenvalue weighted by molar-refractivity contribution is -0.143. The van der Waals surface area contributed by atoms with E-state index in [0.717, 1.165) is 4.31 Å². The van der Waals surface area contributed by atoms with Crippen molar-refractivity contribution in [1.82, 2.24) is 9.62 Å². The van der Waals surface area contributed by atoms with Gasteiger partial charge < -0.3 is 10.1 Å². The first-order valence-corrected chi connectivity index (χ1v) is 9.85. The van der Waals surface area contributed by atoms with Gasteiger partial charge in [-0.25, -0.2) is 8.42 Å². The molecule has 0 spiro atoms. The van der Waals surface area contributed by atoms with E-state index in [2.05, 4.69) is 5.32 Å². The van der Waals surface area contributed by atoms with Crippen molar-refractivity contribution in [2.75, 3.05) is 19.7 Å². The van der Waals surface area contributed by atoms with E-state index in [1.165, 1.54) is 18.2 Å². The molecule has 2 rings (SSSR count). The summed E-state index contributed by atoms with van der Waals surface area (Å²) in [6.45, 7) is 1.10. The van der Waals surface area contributed by atoms with Crippen LogP contribution >= 0.6 is 23.2 Å². The number of nitrogens with zero attached hydrogens (tertiary/aromatic N) is 1. The number of sulfonamides is 1. The first-order chi connectivity index (χ1) is 11.8. The number of carbonyl (C=O) groups excluding carboxylic acids is 2. The van der Waals surface area contributed by atoms with Crippen molar-refractivity contribution in [3.8, 4) is 0 Å². The molecule has 0 unspecified atom stereocenters. The molecule has 1 aromatic rings. The Hall–Kier alpha value is -1.35. The zero-order valence-electron chi connectivity index (χ0n) is 13.5. The fraction of sp³-hybridized carbons (Fsp3) is 0.467. The van der Waals surface area contributed by atoms with E-state index in [0.29, 0.717) is 12.8 Å². The van der Waals surface area contributed by atoms with Crippen molar-refractivity contribution < 1.29 is 22.7 Å². The SMILES string of the molecule is CCOC(=O)CNC(=O)CN(C1CC1)S(=O)(=O)c1c(Cl)cccc1Cl. The van der Waals surface area contributed by atoms with Crippen LogP contribution in [0.5, 0.6) is 0 Å². The zero-order chi connectivity index (χ0) is 18.6. The van der Waals surface area contributed by atoms with Crippen LogP contribution in [0.2, 0.25) is 10.0 Å². The summed E-state index contributed by atoms with van der Waals surface area (Å²) in [5.41, 5.74) is 0. The molecule has 0 radical (unpaired) electrons. The molecule has 0 atom stereocenters. The summed E-state index contributed by atoms with van der Waals surface area (Å²) >= 11 is 12.0. The monoisotopic (exact) mass is 408 g/mol. The second-order valence-electron chi connectivity index (χ2n) is 5.41. The van der Waals surface area contributed by atoms with Crippen LogP contribution in [0, 0.1) is 0 Å². The third-order valence-electron chi connectivity index (χ3n) is 3.47. The Labute approximate surface area is 156 Å². The van der Waals surface area contributed by atoms with E-state index in [-0.39, 0.29) is 34.1 Å². The van der Waals surface area contributed by atoms with Gasteiger partial charge in [-0.15, -0.1) is 0 Å². The molecular weight excluding hydrogens is 391 g/mol. The molecule has 1 aliphatic rings. The first kappa shape index (κ1) is 20.0. The largest absolute Gasteiger partial charge is 0.465 e. The van der Waals surface area contributed by atoms with Gasteiger partial charge in [-0.1, -0.05) is 29.3 Å². The van der Waals surface area contributed by atoms with Gasteiger partial charge in [0, 0.05) is 6.04 Å². The minimum absolute atomic E-state index is 0.00918. The molecule has 0 aromatic heterocycles. The number of hydrogen-bond donors (Lipinski definition) is 1. The van der Waals surface area contributed by atoms with Crippen molar-refractivity contribution in [2.24, 2.45) is 0 Å². The Bertz CT molecular complexity index is 745. The number of nitrogens with one attached hydrogen (secondary N) is 1. The summed E-state index contributed by atoms with van der Waals surface area (Å²) in [5.74, 6) is -1.20. The van der Waals surface area contributed by atoms with Crippen LogP contribution in [-0.2, 0) is 24.3 Å². The zero-order valence-corrected chi connectivity index (χ0v) is 15.8. The molecule has 1 aliphatic carbocycles. The molecule has 7 nitrogen and oxygen atoms in total. The second kappa shape index (κ2) is 8.35. The van der Waals surface area contributed by atoms with Crippen LogP contribution in [0.1, 0.15) is 19.8 Å². The normalized spacial score (nSPS) is 14.4. The number of ether oxygens (including phenoxy) is 1. The summed E-state index contributed by atoms with van der Waals surface area (Å²) in [6.07, 6.45) is 1.29. The second-order valence-corrected chi connectivity index (χ2v) is 8.06. The molecule has 1 N–H and O–H groups in total. The third kappa shape index (κ3) is 5.07. The quantitative estimate of drug-likeness (QED) is 0.662. The fourth-order valence-corrected chi connectivity index (χ4v) is 4.94. The molecular formula is C15H18Cl2N2O5S. The topological polar surface area (TPSA) is 92.8 Å². The Morgan fingerprint density at radius 1 is 1.28 bits per heavy atom. The maximum Gasteiger partial charge on any atom is 0.325 e. The lowest BCUT2D eigenvalue weighted by Gasteiger charge is -2.22. The Morgan fingerprint density at radius 2 is 1.88 bits per heavy atom. The fourth-order valence-electron chi connectivity index (χ4n) is 2.20. The molecule has 25 heavy (non-hydrogen) atoms. The smallest absolute Gasteiger partial charge is 0.325 e. The minimum atomic E-state index is -4.05. The van der Waals surface area contributed by atoms with Crippen molar-refractivity contribution in [3.63, 3.8) is 0 Å². The lowest BCUT2D eigenvalue weighted by Crippen LogP contribution is -2.43. The minimum Gasteiger partial charge on any atom is -0.465 e. The highest BCUT2D eigenvalue weighted by Crippen LogP contribution is 2.37. The van der Waals surface area contributed by atoms with Gasteiger partial charge in [0.2, 0.25) is 15.9 Å². The van der Waals surface area contributed by atoms with E-state index in [1.807, 2.05) is 0 Å². The highest BCUT2D eigenvalue weighted by Gasteiger charge is 2.41. The number of carbonyl (C=O) groups is 2. The number of amides is 1. The third-order valence-corrected chi connectivity index (χ3v) is 6.33. The standard InChI is InChI=1S/C15H18Cl2N2O5S/c1-2-24-14(21)8-18-13(20)9-19(10-6-7-10)25(22,23)15-11(16)4-3-5-12(15)17/h3-5,10H,2,6-9H2,1H3,(H,18,20). The summed E-state index contributed by atoms with van der Waals surface area (Å²) in [4.78, 5) is 23.1. The van der Waals surface area contributed by atoms with Gasteiger partial charge >= 0.3 is 5.97 Å². The number of hydrogen-bond acceptors (Lipinski definition) is 5. The summed E-state index contributed by atoms with van der Waals surface area (Å²) in [6, 6.07) is 4.10. The van der Waals surface area contributed by atoms with Crippen LogP contribution in [0.25, 0.3) is 0 Å². The summed E-state index contributed by atoms with van der Waals surface area (Å²) in [7, 11) is -4.05. The number of halogens is 2. The van der Waals surface area contributed by atoms with Gasteiger partial charge in [0.25, 0.3) is 0 Å². The van der Waals surface area contributed by atoms with Crippen molar-refractivity contribution >= 4 is 45.1 Å². The molecule has 10 heteroatoms. The maximum absolute atomic E-state index is 12.9. The van der Waals surface area contributed by atoms with Crippen LogP contribution in [-0.4, -0.2) is 50.3 Å².